The fraction of sp³-hybridized carbons (Fsp3) is 0.385. The van der Waals surface area contributed by atoms with Crippen LogP contribution in [0.2, 0.25) is 0 Å². The van der Waals surface area contributed by atoms with E-state index in [-0.39, 0.29) is 0 Å². The molecule has 0 bridgehead atoms. The largest absolute Gasteiger partial charge is 0.0727 e. The Morgan fingerprint density at radius 1 is 0.923 bits per heavy atom. The minimum absolute atomic E-state index is 0.869. The Bertz CT molecular complexity index is 434. The maximum Gasteiger partial charge on any atom is -0.0155 e. The van der Waals surface area contributed by atoms with Crippen molar-refractivity contribution in [3.8, 4) is 0 Å². The molecule has 1 aromatic carbocycles. The van der Waals surface area contributed by atoms with Crippen LogP contribution < -0.4 is 10.4 Å². The van der Waals surface area contributed by atoms with Gasteiger partial charge in [0.25, 0.3) is 0 Å². The fourth-order valence-corrected chi connectivity index (χ4v) is 2.34. The molecule has 0 radical (unpaired) electrons. The van der Waals surface area contributed by atoms with E-state index < -0.39 is 0 Å². The van der Waals surface area contributed by atoms with Crippen LogP contribution in [0.3, 0.4) is 0 Å². The molecule has 0 heterocycles. The highest BCUT2D eigenvalue weighted by molar-refractivity contribution is 5.52. The van der Waals surface area contributed by atoms with Gasteiger partial charge in [0.1, 0.15) is 0 Å². The number of hydrogen-bond acceptors (Lipinski definition) is 0. The van der Waals surface area contributed by atoms with Crippen LogP contribution in [0.15, 0.2) is 12.1 Å². The lowest BCUT2D eigenvalue weighted by Crippen LogP contribution is -2.32. The molecule has 0 aromatic heterocycles. The Labute approximate surface area is 78.6 Å². The average molecular weight is 170 g/mol. The fourth-order valence-electron chi connectivity index (χ4n) is 2.34. The number of rotatable bonds is 0. The summed E-state index contributed by atoms with van der Waals surface area (Å²) in [5, 5.41) is 3.00. The Morgan fingerprint density at radius 3 is 1.85 bits per heavy atom. The van der Waals surface area contributed by atoms with Gasteiger partial charge in [0, 0.05) is 0 Å². The van der Waals surface area contributed by atoms with Gasteiger partial charge in [0.15, 0.2) is 0 Å². The van der Waals surface area contributed by atoms with Crippen molar-refractivity contribution in [1.29, 1.82) is 0 Å². The molecule has 0 N–H and O–H groups in total. The first-order chi connectivity index (χ1) is 6.25. The summed E-state index contributed by atoms with van der Waals surface area (Å²) in [6.45, 7) is 4.43. The van der Waals surface area contributed by atoms with E-state index >= 15 is 0 Å². The van der Waals surface area contributed by atoms with Crippen molar-refractivity contribution in [2.75, 3.05) is 0 Å². The van der Waals surface area contributed by atoms with Crippen molar-refractivity contribution in [3.63, 3.8) is 0 Å². The van der Waals surface area contributed by atoms with Gasteiger partial charge in [-0.3, -0.25) is 0 Å². The van der Waals surface area contributed by atoms with Crippen LogP contribution in [-0.2, 0) is 0 Å². The molecule has 0 saturated heterocycles. The van der Waals surface area contributed by atoms with E-state index in [2.05, 4.69) is 38.1 Å². The Balaban J connectivity index is 2.46. The van der Waals surface area contributed by atoms with Crippen molar-refractivity contribution < 1.29 is 0 Å². The maximum atomic E-state index is 2.47. The smallest absolute Gasteiger partial charge is 0.0155 e. The van der Waals surface area contributed by atoms with E-state index in [1.807, 2.05) is 0 Å². The zero-order valence-corrected chi connectivity index (χ0v) is 8.17. The predicted octanol–water partition coefficient (Wildman–Crippen LogP) is 1.51. The van der Waals surface area contributed by atoms with Crippen LogP contribution in [0.5, 0.6) is 0 Å². The highest BCUT2D eigenvalue weighted by Gasteiger charge is 2.34. The molecule has 0 aliphatic heterocycles. The van der Waals surface area contributed by atoms with Gasteiger partial charge in [0.2, 0.25) is 0 Å². The van der Waals surface area contributed by atoms with Crippen LogP contribution in [0.1, 0.15) is 17.5 Å². The van der Waals surface area contributed by atoms with Gasteiger partial charge in [-0.15, -0.1) is 0 Å². The maximum absolute atomic E-state index is 2.47. The molecule has 1 saturated carbocycles. The van der Waals surface area contributed by atoms with Gasteiger partial charge in [-0.2, -0.15) is 0 Å². The van der Waals surface area contributed by atoms with Crippen molar-refractivity contribution >= 4 is 12.2 Å². The third-order valence-corrected chi connectivity index (χ3v) is 3.38. The lowest BCUT2D eigenvalue weighted by atomic mass is 10.0. The molecule has 1 fully saturated rings. The van der Waals surface area contributed by atoms with Gasteiger partial charge >= 0.3 is 0 Å². The van der Waals surface area contributed by atoms with E-state index in [0.29, 0.717) is 0 Å². The standard InChI is InChI=1S/C13H14/c1-8-3-4-9(2)13-7-11-5-10(11)6-12(8)13/h3-4,6-7,10-11H,5H2,1-2H3. The highest BCUT2D eigenvalue weighted by atomic mass is 14.4. The van der Waals surface area contributed by atoms with E-state index in [1.54, 1.807) is 0 Å². The number of hydrogen-bond donors (Lipinski definition) is 0. The number of aryl methyl sites for hydroxylation is 2. The van der Waals surface area contributed by atoms with Crippen LogP contribution in [-0.4, -0.2) is 0 Å². The minimum Gasteiger partial charge on any atom is -0.0727 e. The van der Waals surface area contributed by atoms with Crippen LogP contribution in [0.4, 0.5) is 0 Å². The second-order valence-electron chi connectivity index (χ2n) is 4.42. The molecule has 2 atom stereocenters. The van der Waals surface area contributed by atoms with Gasteiger partial charge < -0.3 is 0 Å². The number of benzene rings is 1. The Morgan fingerprint density at radius 2 is 1.38 bits per heavy atom. The predicted molar refractivity (Wildman–Crippen MR) is 55.7 cm³/mol. The molecular formula is C13H14. The second kappa shape index (κ2) is 2.25. The quantitative estimate of drug-likeness (QED) is 0.553. The number of fused-ring (bicyclic) bond motifs is 2. The first-order valence-electron chi connectivity index (χ1n) is 5.05. The van der Waals surface area contributed by atoms with Crippen LogP contribution in [0.25, 0.3) is 12.2 Å². The van der Waals surface area contributed by atoms with Crippen molar-refractivity contribution in [3.05, 3.63) is 33.7 Å². The monoisotopic (exact) mass is 170 g/mol. The van der Waals surface area contributed by atoms with Crippen molar-refractivity contribution in [2.24, 2.45) is 11.8 Å². The Kier molecular flexibility index (Phi) is 1.28. The van der Waals surface area contributed by atoms with Crippen molar-refractivity contribution in [1.82, 2.24) is 0 Å². The zero-order valence-electron chi connectivity index (χ0n) is 8.17. The molecule has 0 spiro atoms. The third kappa shape index (κ3) is 0.980. The molecule has 0 amide bonds. The van der Waals surface area contributed by atoms with E-state index in [9.17, 15) is 0 Å². The second-order valence-corrected chi connectivity index (χ2v) is 4.42. The van der Waals surface area contributed by atoms with E-state index in [1.165, 1.54) is 28.0 Å². The molecule has 2 aliphatic rings. The minimum atomic E-state index is 0.869. The summed E-state index contributed by atoms with van der Waals surface area (Å²) >= 11 is 0. The molecule has 66 valence electrons. The summed E-state index contributed by atoms with van der Waals surface area (Å²) in [6, 6.07) is 4.47. The Hall–Kier alpha value is -1.04. The average Bonchev–Trinajstić information content (AvgIpc) is 2.87. The molecule has 3 rings (SSSR count). The van der Waals surface area contributed by atoms with Crippen molar-refractivity contribution in [2.45, 2.75) is 20.3 Å². The topological polar surface area (TPSA) is 0 Å². The van der Waals surface area contributed by atoms with Gasteiger partial charge in [-0.1, -0.05) is 24.3 Å². The lowest BCUT2D eigenvalue weighted by molar-refractivity contribution is 1.05. The molecule has 0 heteroatoms. The normalized spacial score (nSPS) is 28.2. The molecule has 2 aliphatic carbocycles. The van der Waals surface area contributed by atoms with Gasteiger partial charge in [-0.25, -0.2) is 0 Å². The molecule has 2 unspecified atom stereocenters. The summed E-state index contributed by atoms with van der Waals surface area (Å²) in [7, 11) is 0. The highest BCUT2D eigenvalue weighted by Crippen LogP contribution is 2.41. The van der Waals surface area contributed by atoms with E-state index in [4.69, 9.17) is 0 Å². The van der Waals surface area contributed by atoms with E-state index in [0.717, 1.165) is 11.8 Å². The first-order valence-corrected chi connectivity index (χ1v) is 5.05. The molecule has 13 heavy (non-hydrogen) atoms. The van der Waals surface area contributed by atoms with Crippen LogP contribution >= 0.6 is 0 Å². The first kappa shape index (κ1) is 7.37. The SMILES string of the molecule is Cc1ccc(C)c2c1=CC1CC1C=2. The summed E-state index contributed by atoms with van der Waals surface area (Å²) in [5.41, 5.74) is 2.87. The molecule has 0 nitrogen and oxygen atoms in total. The summed E-state index contributed by atoms with van der Waals surface area (Å²) in [4.78, 5) is 0. The molecular weight excluding hydrogens is 156 g/mol. The summed E-state index contributed by atoms with van der Waals surface area (Å²) < 4.78 is 0. The zero-order chi connectivity index (χ0) is 9.00. The third-order valence-electron chi connectivity index (χ3n) is 3.38. The van der Waals surface area contributed by atoms with Gasteiger partial charge in [0.05, 0.1) is 0 Å². The lowest BCUT2D eigenvalue weighted by Gasteiger charge is -2.05. The summed E-state index contributed by atoms with van der Waals surface area (Å²) in [6.07, 6.45) is 6.33. The molecule has 1 aromatic rings. The van der Waals surface area contributed by atoms with Gasteiger partial charge in [-0.05, 0) is 53.7 Å². The summed E-state index contributed by atoms with van der Waals surface area (Å²) in [5.74, 6) is 1.74. The van der Waals surface area contributed by atoms with Crippen LogP contribution in [0, 0.1) is 25.7 Å².